The summed E-state index contributed by atoms with van der Waals surface area (Å²) in [6.45, 7) is 7.48. The van der Waals surface area contributed by atoms with Crippen molar-refractivity contribution in [3.8, 4) is 5.75 Å². The van der Waals surface area contributed by atoms with Crippen LogP contribution in [0.4, 0.5) is 0 Å². The molecule has 0 aromatic heterocycles. The van der Waals surface area contributed by atoms with E-state index in [1.54, 1.807) is 6.08 Å². The molecule has 1 aliphatic heterocycles. The minimum absolute atomic E-state index is 0.102. The molecule has 1 fully saturated rings. The van der Waals surface area contributed by atoms with E-state index in [1.807, 2.05) is 49.4 Å². The number of amides is 1. The van der Waals surface area contributed by atoms with Gasteiger partial charge >= 0.3 is 0 Å². The summed E-state index contributed by atoms with van der Waals surface area (Å²) < 4.78 is 10.8. The molecule has 0 radical (unpaired) electrons. The van der Waals surface area contributed by atoms with E-state index in [-0.39, 0.29) is 5.91 Å². The molecule has 1 aliphatic rings. The number of morpholine rings is 1. The molecule has 3 rings (SSSR count). The van der Waals surface area contributed by atoms with Gasteiger partial charge in [-0.25, -0.2) is 0 Å². The Hall–Kier alpha value is -2.63. The van der Waals surface area contributed by atoms with E-state index < -0.39 is 0 Å². The van der Waals surface area contributed by atoms with Crippen molar-refractivity contribution in [2.45, 2.75) is 20.0 Å². The molecular formula is C23H28N2O3. The summed E-state index contributed by atoms with van der Waals surface area (Å²) >= 11 is 0. The monoisotopic (exact) mass is 380 g/mol. The maximum absolute atomic E-state index is 12.2. The Morgan fingerprint density at radius 3 is 2.54 bits per heavy atom. The van der Waals surface area contributed by atoms with Crippen molar-refractivity contribution in [2.75, 3.05) is 32.9 Å². The number of hydrogen-bond acceptors (Lipinski definition) is 4. The number of rotatable bonds is 8. The van der Waals surface area contributed by atoms with Crippen LogP contribution in [0.25, 0.3) is 6.08 Å². The van der Waals surface area contributed by atoms with E-state index in [2.05, 4.69) is 22.3 Å². The summed E-state index contributed by atoms with van der Waals surface area (Å²) in [7, 11) is 0. The van der Waals surface area contributed by atoms with Crippen molar-refractivity contribution in [1.82, 2.24) is 10.2 Å². The third kappa shape index (κ3) is 6.22. The summed E-state index contributed by atoms with van der Waals surface area (Å²) in [6, 6.07) is 16.0. The second-order valence-corrected chi connectivity index (χ2v) is 6.71. The SMILES string of the molecule is CCOc1ccc(/C=C/C(=O)NCc2ccccc2CN2CCOCC2)cc1. The van der Waals surface area contributed by atoms with Crippen molar-refractivity contribution in [3.05, 3.63) is 71.3 Å². The highest BCUT2D eigenvalue weighted by Gasteiger charge is 2.12. The van der Waals surface area contributed by atoms with E-state index >= 15 is 0 Å². The van der Waals surface area contributed by atoms with Crippen LogP contribution < -0.4 is 10.1 Å². The lowest BCUT2D eigenvalue weighted by atomic mass is 10.1. The average molecular weight is 380 g/mol. The van der Waals surface area contributed by atoms with Crippen LogP contribution in [0.5, 0.6) is 5.75 Å². The Bertz CT molecular complexity index is 781. The van der Waals surface area contributed by atoms with E-state index in [4.69, 9.17) is 9.47 Å². The topological polar surface area (TPSA) is 50.8 Å². The first kappa shape index (κ1) is 20.1. The molecule has 1 N–H and O–H groups in total. The number of carbonyl (C=O) groups is 1. The van der Waals surface area contributed by atoms with Gasteiger partial charge in [-0.1, -0.05) is 36.4 Å². The number of hydrogen-bond donors (Lipinski definition) is 1. The lowest BCUT2D eigenvalue weighted by Crippen LogP contribution is -2.36. The van der Waals surface area contributed by atoms with E-state index in [0.717, 1.165) is 49.7 Å². The second kappa shape index (κ2) is 10.6. The Morgan fingerprint density at radius 1 is 1.11 bits per heavy atom. The van der Waals surface area contributed by atoms with Crippen LogP contribution in [0.3, 0.4) is 0 Å². The standard InChI is InChI=1S/C23H28N2O3/c1-2-28-22-10-7-19(8-11-22)9-12-23(26)24-17-20-5-3-4-6-21(20)18-25-13-15-27-16-14-25/h3-12H,2,13-18H2,1H3,(H,24,26)/b12-9+. The van der Waals surface area contributed by atoms with Gasteiger partial charge in [0.05, 0.1) is 19.8 Å². The van der Waals surface area contributed by atoms with Crippen LogP contribution in [-0.2, 0) is 22.6 Å². The second-order valence-electron chi connectivity index (χ2n) is 6.71. The number of carbonyl (C=O) groups excluding carboxylic acids is 1. The predicted molar refractivity (Wildman–Crippen MR) is 111 cm³/mol. The summed E-state index contributed by atoms with van der Waals surface area (Å²) in [5, 5.41) is 2.98. The Kier molecular flexibility index (Phi) is 7.64. The zero-order valence-corrected chi connectivity index (χ0v) is 16.4. The van der Waals surface area contributed by atoms with Crippen molar-refractivity contribution in [3.63, 3.8) is 0 Å². The lowest BCUT2D eigenvalue weighted by Gasteiger charge is -2.27. The molecule has 1 heterocycles. The van der Waals surface area contributed by atoms with Gasteiger partial charge in [-0.15, -0.1) is 0 Å². The molecule has 1 saturated heterocycles. The van der Waals surface area contributed by atoms with Crippen molar-refractivity contribution in [2.24, 2.45) is 0 Å². The Labute approximate surface area is 167 Å². The van der Waals surface area contributed by atoms with Gasteiger partial charge in [0.1, 0.15) is 5.75 Å². The maximum atomic E-state index is 12.2. The normalized spacial score (nSPS) is 14.9. The molecule has 0 spiro atoms. The largest absolute Gasteiger partial charge is 0.494 e. The predicted octanol–water partition coefficient (Wildman–Crippen LogP) is 3.25. The molecule has 1 amide bonds. The van der Waals surface area contributed by atoms with Gasteiger partial charge in [0.25, 0.3) is 0 Å². The fourth-order valence-corrected chi connectivity index (χ4v) is 3.14. The number of nitrogens with one attached hydrogen (secondary N) is 1. The minimum Gasteiger partial charge on any atom is -0.494 e. The molecule has 5 nitrogen and oxygen atoms in total. The van der Waals surface area contributed by atoms with Crippen LogP contribution >= 0.6 is 0 Å². The highest BCUT2D eigenvalue weighted by Crippen LogP contribution is 2.14. The average Bonchev–Trinajstić information content (AvgIpc) is 2.73. The van der Waals surface area contributed by atoms with Crippen molar-refractivity contribution >= 4 is 12.0 Å². The molecule has 0 atom stereocenters. The van der Waals surface area contributed by atoms with E-state index in [0.29, 0.717) is 13.2 Å². The van der Waals surface area contributed by atoms with Crippen LogP contribution in [0, 0.1) is 0 Å². The quantitative estimate of drug-likeness (QED) is 0.715. The highest BCUT2D eigenvalue weighted by molar-refractivity contribution is 5.91. The van der Waals surface area contributed by atoms with Gasteiger partial charge in [-0.2, -0.15) is 0 Å². The van der Waals surface area contributed by atoms with Crippen molar-refractivity contribution in [1.29, 1.82) is 0 Å². The molecule has 0 saturated carbocycles. The van der Waals surface area contributed by atoms with Crippen LogP contribution in [0.2, 0.25) is 0 Å². The van der Waals surface area contributed by atoms with Crippen LogP contribution in [0.1, 0.15) is 23.6 Å². The summed E-state index contributed by atoms with van der Waals surface area (Å²) in [6.07, 6.45) is 3.38. The van der Waals surface area contributed by atoms with Gasteiger partial charge in [0, 0.05) is 32.3 Å². The maximum Gasteiger partial charge on any atom is 0.244 e. The van der Waals surface area contributed by atoms with E-state index in [9.17, 15) is 4.79 Å². The van der Waals surface area contributed by atoms with Crippen LogP contribution in [-0.4, -0.2) is 43.7 Å². The lowest BCUT2D eigenvalue weighted by molar-refractivity contribution is -0.116. The fourth-order valence-electron chi connectivity index (χ4n) is 3.14. The van der Waals surface area contributed by atoms with E-state index in [1.165, 1.54) is 5.56 Å². The Balaban J connectivity index is 1.52. The minimum atomic E-state index is -0.102. The smallest absolute Gasteiger partial charge is 0.244 e. The van der Waals surface area contributed by atoms with Crippen LogP contribution in [0.15, 0.2) is 54.6 Å². The third-order valence-corrected chi connectivity index (χ3v) is 4.69. The highest BCUT2D eigenvalue weighted by atomic mass is 16.5. The first-order chi connectivity index (χ1) is 13.7. The molecule has 0 unspecified atom stereocenters. The van der Waals surface area contributed by atoms with Gasteiger partial charge in [-0.3, -0.25) is 9.69 Å². The number of benzene rings is 2. The molecule has 2 aromatic rings. The molecular weight excluding hydrogens is 352 g/mol. The third-order valence-electron chi connectivity index (χ3n) is 4.69. The molecule has 5 heteroatoms. The van der Waals surface area contributed by atoms with Gasteiger partial charge in [0.15, 0.2) is 0 Å². The zero-order valence-electron chi connectivity index (χ0n) is 16.4. The first-order valence-corrected chi connectivity index (χ1v) is 9.80. The van der Waals surface area contributed by atoms with Gasteiger partial charge in [-0.05, 0) is 41.8 Å². The Morgan fingerprint density at radius 2 is 1.82 bits per heavy atom. The fraction of sp³-hybridized carbons (Fsp3) is 0.348. The summed E-state index contributed by atoms with van der Waals surface area (Å²) in [5.41, 5.74) is 3.36. The first-order valence-electron chi connectivity index (χ1n) is 9.80. The van der Waals surface area contributed by atoms with Gasteiger partial charge < -0.3 is 14.8 Å². The number of nitrogens with zero attached hydrogens (tertiary/aromatic N) is 1. The number of ether oxygens (including phenoxy) is 2. The summed E-state index contributed by atoms with van der Waals surface area (Å²) in [4.78, 5) is 14.6. The molecule has 148 valence electrons. The molecule has 2 aromatic carbocycles. The molecule has 0 bridgehead atoms. The zero-order chi connectivity index (χ0) is 19.6. The molecule has 0 aliphatic carbocycles. The molecule has 28 heavy (non-hydrogen) atoms. The summed E-state index contributed by atoms with van der Waals surface area (Å²) in [5.74, 6) is 0.732. The van der Waals surface area contributed by atoms with Gasteiger partial charge in [0.2, 0.25) is 5.91 Å². The van der Waals surface area contributed by atoms with Crippen molar-refractivity contribution < 1.29 is 14.3 Å².